The van der Waals surface area contributed by atoms with Crippen LogP contribution in [0.25, 0.3) is 0 Å². The molecule has 0 unspecified atom stereocenters. The summed E-state index contributed by atoms with van der Waals surface area (Å²) in [5, 5.41) is 0. The van der Waals surface area contributed by atoms with Crippen molar-refractivity contribution in [1.29, 1.82) is 0 Å². The van der Waals surface area contributed by atoms with E-state index in [1.165, 1.54) is 0 Å². The fourth-order valence-corrected chi connectivity index (χ4v) is 3.73. The summed E-state index contributed by atoms with van der Waals surface area (Å²) in [5.41, 5.74) is 2.01. The van der Waals surface area contributed by atoms with Crippen molar-refractivity contribution in [1.82, 2.24) is 9.88 Å². The van der Waals surface area contributed by atoms with E-state index in [1.54, 1.807) is 6.26 Å². The van der Waals surface area contributed by atoms with Gasteiger partial charge in [0.15, 0.2) is 0 Å². The van der Waals surface area contributed by atoms with E-state index in [9.17, 15) is 0 Å². The molecule has 0 radical (unpaired) electrons. The number of aromatic nitrogens is 1. The minimum Gasteiger partial charge on any atom is -0.468 e. The lowest BCUT2D eigenvalue weighted by Gasteiger charge is -2.53. The van der Waals surface area contributed by atoms with Crippen LogP contribution in [-0.2, 0) is 22.6 Å². The van der Waals surface area contributed by atoms with Crippen LogP contribution in [0.1, 0.15) is 30.0 Å². The topological polar surface area (TPSA) is 47.7 Å². The first-order valence-electron chi connectivity index (χ1n) is 8.64. The molecular weight excluding hydrogens is 304 g/mol. The Morgan fingerprint density at radius 1 is 1.29 bits per heavy atom. The Bertz CT molecular complexity index is 665. The van der Waals surface area contributed by atoms with Crippen molar-refractivity contribution in [2.45, 2.75) is 44.6 Å². The molecule has 0 saturated carbocycles. The molecule has 0 amide bonds. The molecule has 4 rings (SSSR count). The molecule has 24 heavy (non-hydrogen) atoms. The van der Waals surface area contributed by atoms with Gasteiger partial charge in [-0.05, 0) is 37.6 Å². The Hall–Kier alpha value is -1.69. The van der Waals surface area contributed by atoms with E-state index in [-0.39, 0.29) is 11.7 Å². The highest BCUT2D eigenvalue weighted by molar-refractivity contribution is 5.09. The van der Waals surface area contributed by atoms with Gasteiger partial charge in [-0.2, -0.15) is 0 Å². The summed E-state index contributed by atoms with van der Waals surface area (Å²) in [5.74, 6) is 1.01. The minimum atomic E-state index is -0.0322. The van der Waals surface area contributed by atoms with Gasteiger partial charge in [-0.25, -0.2) is 0 Å². The number of likely N-dealkylation sites (tertiary alicyclic amines) is 1. The Labute approximate surface area is 142 Å². The van der Waals surface area contributed by atoms with Crippen molar-refractivity contribution in [3.05, 3.63) is 53.7 Å². The van der Waals surface area contributed by atoms with E-state index in [1.807, 2.05) is 37.3 Å². The number of pyridine rings is 1. The zero-order valence-corrected chi connectivity index (χ0v) is 14.1. The van der Waals surface area contributed by atoms with Crippen LogP contribution in [-0.4, -0.2) is 41.3 Å². The second-order valence-corrected chi connectivity index (χ2v) is 6.95. The molecule has 2 aromatic rings. The Morgan fingerprint density at radius 3 is 3.00 bits per heavy atom. The van der Waals surface area contributed by atoms with Crippen LogP contribution in [0.3, 0.4) is 0 Å². The lowest BCUT2D eigenvalue weighted by atomic mass is 9.84. The summed E-state index contributed by atoms with van der Waals surface area (Å²) >= 11 is 0. The highest BCUT2D eigenvalue weighted by atomic mass is 16.5. The number of hydrogen-bond donors (Lipinski definition) is 0. The molecule has 128 valence electrons. The van der Waals surface area contributed by atoms with E-state index < -0.39 is 0 Å². The molecule has 5 heteroatoms. The summed E-state index contributed by atoms with van der Waals surface area (Å²) in [6.07, 6.45) is 3.91. The van der Waals surface area contributed by atoms with Crippen LogP contribution in [0, 0.1) is 6.92 Å². The molecule has 5 nitrogen and oxygen atoms in total. The predicted octanol–water partition coefficient (Wildman–Crippen LogP) is 2.93. The van der Waals surface area contributed by atoms with Crippen molar-refractivity contribution in [3.63, 3.8) is 0 Å². The molecule has 2 fully saturated rings. The number of aryl methyl sites for hydroxylation is 1. The fourth-order valence-electron chi connectivity index (χ4n) is 3.73. The van der Waals surface area contributed by atoms with E-state index in [0.717, 1.165) is 56.2 Å². The monoisotopic (exact) mass is 328 g/mol. The third-order valence-corrected chi connectivity index (χ3v) is 4.84. The van der Waals surface area contributed by atoms with Gasteiger partial charge in [0, 0.05) is 31.8 Å². The first kappa shape index (κ1) is 15.8. The van der Waals surface area contributed by atoms with E-state index in [4.69, 9.17) is 13.9 Å². The summed E-state index contributed by atoms with van der Waals surface area (Å²) in [4.78, 5) is 6.87. The van der Waals surface area contributed by atoms with Gasteiger partial charge >= 0.3 is 0 Å². The average Bonchev–Trinajstić information content (AvgIpc) is 3.05. The third kappa shape index (κ3) is 3.53. The maximum atomic E-state index is 6.12. The van der Waals surface area contributed by atoms with E-state index in [0.29, 0.717) is 6.61 Å². The molecule has 2 aliphatic heterocycles. The van der Waals surface area contributed by atoms with Crippen LogP contribution < -0.4 is 0 Å². The Morgan fingerprint density at radius 2 is 2.21 bits per heavy atom. The summed E-state index contributed by atoms with van der Waals surface area (Å²) in [6.45, 7) is 6.14. The van der Waals surface area contributed by atoms with Crippen molar-refractivity contribution in [2.75, 3.05) is 19.7 Å². The van der Waals surface area contributed by atoms with Gasteiger partial charge in [0.1, 0.15) is 5.76 Å². The van der Waals surface area contributed by atoms with Crippen LogP contribution >= 0.6 is 0 Å². The van der Waals surface area contributed by atoms with Gasteiger partial charge < -0.3 is 13.9 Å². The van der Waals surface area contributed by atoms with E-state index >= 15 is 0 Å². The lowest BCUT2D eigenvalue weighted by Crippen LogP contribution is -2.65. The summed E-state index contributed by atoms with van der Waals surface area (Å²) in [7, 11) is 0. The summed E-state index contributed by atoms with van der Waals surface area (Å²) in [6, 6.07) is 10.0. The van der Waals surface area contributed by atoms with Crippen molar-refractivity contribution < 1.29 is 13.9 Å². The molecule has 2 aliphatic rings. The second kappa shape index (κ2) is 6.67. The van der Waals surface area contributed by atoms with Crippen LogP contribution in [0.4, 0.5) is 0 Å². The van der Waals surface area contributed by atoms with Crippen molar-refractivity contribution >= 4 is 0 Å². The normalized spacial score (nSPS) is 23.3. The number of hydrogen-bond acceptors (Lipinski definition) is 5. The SMILES string of the molecule is Cc1cccc(CO[C@@H]2CCOC3(C2)CN(Cc2ccco2)C3)n1. The number of nitrogens with zero attached hydrogens (tertiary/aromatic N) is 2. The smallest absolute Gasteiger partial charge is 0.117 e. The predicted molar refractivity (Wildman–Crippen MR) is 89.5 cm³/mol. The van der Waals surface area contributed by atoms with Crippen LogP contribution in [0.2, 0.25) is 0 Å². The molecule has 2 aromatic heterocycles. The average molecular weight is 328 g/mol. The number of rotatable bonds is 5. The molecule has 0 aromatic carbocycles. The van der Waals surface area contributed by atoms with Gasteiger partial charge in [-0.3, -0.25) is 9.88 Å². The highest BCUT2D eigenvalue weighted by Gasteiger charge is 2.47. The van der Waals surface area contributed by atoms with Crippen molar-refractivity contribution in [3.8, 4) is 0 Å². The molecule has 0 bridgehead atoms. The maximum Gasteiger partial charge on any atom is 0.117 e. The zero-order chi connectivity index (χ0) is 16.4. The molecule has 1 spiro atoms. The molecule has 0 N–H and O–H groups in total. The first-order chi connectivity index (χ1) is 11.7. The van der Waals surface area contributed by atoms with E-state index in [2.05, 4.69) is 9.88 Å². The number of furan rings is 1. The molecule has 4 heterocycles. The second-order valence-electron chi connectivity index (χ2n) is 6.95. The van der Waals surface area contributed by atoms with Gasteiger partial charge in [0.2, 0.25) is 0 Å². The molecule has 1 atom stereocenters. The summed E-state index contributed by atoms with van der Waals surface area (Å²) < 4.78 is 17.6. The third-order valence-electron chi connectivity index (χ3n) is 4.84. The number of ether oxygens (including phenoxy) is 2. The Kier molecular flexibility index (Phi) is 4.39. The maximum absolute atomic E-state index is 6.12. The van der Waals surface area contributed by atoms with Crippen molar-refractivity contribution in [2.24, 2.45) is 0 Å². The molecule has 0 aliphatic carbocycles. The standard InChI is InChI=1S/C19H24N2O3/c1-15-4-2-5-16(20-15)12-23-17-7-9-24-19(10-17)13-21(14-19)11-18-6-3-8-22-18/h2-6,8,17H,7,9-14H2,1H3/t17-/m1/s1. The first-order valence-corrected chi connectivity index (χ1v) is 8.64. The van der Waals surface area contributed by atoms with Gasteiger partial charge in [0.05, 0.1) is 36.8 Å². The lowest BCUT2D eigenvalue weighted by molar-refractivity contribution is -0.201. The van der Waals surface area contributed by atoms with Gasteiger partial charge in [-0.15, -0.1) is 0 Å². The largest absolute Gasteiger partial charge is 0.468 e. The Balaban J connectivity index is 1.27. The van der Waals surface area contributed by atoms with Crippen LogP contribution in [0.5, 0.6) is 0 Å². The molecule has 2 saturated heterocycles. The fraction of sp³-hybridized carbons (Fsp3) is 0.526. The molecular formula is C19H24N2O3. The zero-order valence-electron chi connectivity index (χ0n) is 14.1. The highest BCUT2D eigenvalue weighted by Crippen LogP contribution is 2.36. The van der Waals surface area contributed by atoms with Gasteiger partial charge in [-0.1, -0.05) is 6.07 Å². The quantitative estimate of drug-likeness (QED) is 0.844. The van der Waals surface area contributed by atoms with Crippen LogP contribution in [0.15, 0.2) is 41.0 Å². The minimum absolute atomic E-state index is 0.0322. The van der Waals surface area contributed by atoms with Gasteiger partial charge in [0.25, 0.3) is 0 Å².